The lowest BCUT2D eigenvalue weighted by Crippen LogP contribution is -2.30. The predicted octanol–water partition coefficient (Wildman–Crippen LogP) is 19.3. The number of allylic oxidation sites excluding steroid dienone is 16. The number of unbranched alkanes of at least 4 members (excludes halogenated alkanes) is 24. The largest absolute Gasteiger partial charge is 0.462 e. The maximum Gasteiger partial charge on any atom is 0.306 e. The predicted molar refractivity (Wildman–Crippen MR) is 297 cm³/mol. The molecule has 0 aromatic rings. The van der Waals surface area contributed by atoms with Gasteiger partial charge in [0.1, 0.15) is 13.2 Å². The third kappa shape index (κ3) is 55.1. The van der Waals surface area contributed by atoms with E-state index in [0.29, 0.717) is 19.3 Å². The fourth-order valence-electron chi connectivity index (χ4n) is 7.74. The van der Waals surface area contributed by atoms with Crippen LogP contribution in [0.5, 0.6) is 0 Å². The summed E-state index contributed by atoms with van der Waals surface area (Å²) in [5.41, 5.74) is 0. The SMILES string of the molecule is CC/C=C\C/C=C\C/C=C\C/C=C\C/C=C\CCCC(=O)O[C@H](COC(=O)CCCCCCC/C=C\C/C=C\CCCCC)COC(=O)CCCCCCCCCCC/C=C\CCCCCCCC. The maximum absolute atomic E-state index is 12.8. The molecule has 394 valence electrons. The molecule has 0 radical (unpaired) electrons. The van der Waals surface area contributed by atoms with Crippen LogP contribution in [-0.2, 0) is 28.6 Å². The Balaban J connectivity index is 4.48. The standard InChI is InChI=1S/C63H106O6/c1-4-7-10-13-16-19-22-25-28-30-31-33-35-38-41-44-47-50-53-56-62(65)68-59-60(58-67-61(64)55-52-49-46-43-40-37-34-27-24-21-18-15-12-9-6-3)69-63(66)57-54-51-48-45-42-39-36-32-29-26-23-20-17-14-11-8-5-2/h8,11,17-18,20-21,25-29,34,36,39,45,48,60H,4-7,9-10,12-16,19,22-24,30-33,35,37-38,40-44,46-47,49-59H2,1-3H3/b11-8-,20-17-,21-18-,28-25-,29-26-,34-27-,39-36-,48-45-/t60-/m1/s1. The van der Waals surface area contributed by atoms with Crippen molar-refractivity contribution in [2.45, 2.75) is 271 Å². The molecule has 0 rings (SSSR count). The number of carbonyl (C=O) groups excluding carboxylic acids is 3. The Morgan fingerprint density at radius 2 is 0.580 bits per heavy atom. The first kappa shape index (κ1) is 65.3. The molecular formula is C63H106O6. The minimum absolute atomic E-state index is 0.106. The highest BCUT2D eigenvalue weighted by atomic mass is 16.6. The molecule has 0 saturated heterocycles. The lowest BCUT2D eigenvalue weighted by atomic mass is 10.1. The highest BCUT2D eigenvalue weighted by Crippen LogP contribution is 2.14. The Morgan fingerprint density at radius 3 is 0.971 bits per heavy atom. The number of hydrogen-bond acceptors (Lipinski definition) is 6. The second kappa shape index (κ2) is 56.9. The number of ether oxygens (including phenoxy) is 3. The second-order valence-electron chi connectivity index (χ2n) is 18.8. The Bertz CT molecular complexity index is 1380. The maximum atomic E-state index is 12.8. The Labute approximate surface area is 426 Å². The van der Waals surface area contributed by atoms with Gasteiger partial charge in [0.2, 0.25) is 0 Å². The molecule has 0 heterocycles. The van der Waals surface area contributed by atoms with Crippen LogP contribution in [0.3, 0.4) is 0 Å². The van der Waals surface area contributed by atoms with Crippen LogP contribution in [-0.4, -0.2) is 37.2 Å². The minimum atomic E-state index is -0.815. The van der Waals surface area contributed by atoms with Crippen LogP contribution in [0.4, 0.5) is 0 Å². The number of hydrogen-bond donors (Lipinski definition) is 0. The molecule has 69 heavy (non-hydrogen) atoms. The van der Waals surface area contributed by atoms with Gasteiger partial charge in [0.05, 0.1) is 0 Å². The van der Waals surface area contributed by atoms with E-state index >= 15 is 0 Å². The van der Waals surface area contributed by atoms with Crippen molar-refractivity contribution in [1.29, 1.82) is 0 Å². The zero-order chi connectivity index (χ0) is 50.0. The minimum Gasteiger partial charge on any atom is -0.462 e. The summed E-state index contributed by atoms with van der Waals surface area (Å²) in [7, 11) is 0. The van der Waals surface area contributed by atoms with E-state index in [1.807, 2.05) is 0 Å². The molecule has 0 aliphatic rings. The van der Waals surface area contributed by atoms with E-state index in [2.05, 4.69) is 118 Å². The molecule has 0 aromatic heterocycles. The highest BCUT2D eigenvalue weighted by molar-refractivity contribution is 5.71. The number of rotatable bonds is 51. The second-order valence-corrected chi connectivity index (χ2v) is 18.8. The molecular weight excluding hydrogens is 853 g/mol. The van der Waals surface area contributed by atoms with Gasteiger partial charge in [-0.15, -0.1) is 0 Å². The van der Waals surface area contributed by atoms with Crippen molar-refractivity contribution >= 4 is 17.9 Å². The Hall–Kier alpha value is -3.67. The summed E-state index contributed by atoms with van der Waals surface area (Å²) in [5.74, 6) is -0.978. The summed E-state index contributed by atoms with van der Waals surface area (Å²) in [5, 5.41) is 0. The molecule has 0 saturated carbocycles. The molecule has 0 spiro atoms. The Morgan fingerprint density at radius 1 is 0.304 bits per heavy atom. The van der Waals surface area contributed by atoms with Crippen molar-refractivity contribution in [3.05, 3.63) is 97.2 Å². The van der Waals surface area contributed by atoms with Crippen molar-refractivity contribution in [3.63, 3.8) is 0 Å². The molecule has 0 aromatic carbocycles. The van der Waals surface area contributed by atoms with Crippen LogP contribution in [0.1, 0.15) is 265 Å². The van der Waals surface area contributed by atoms with Gasteiger partial charge in [-0.2, -0.15) is 0 Å². The van der Waals surface area contributed by atoms with Crippen LogP contribution in [0, 0.1) is 0 Å². The van der Waals surface area contributed by atoms with Gasteiger partial charge >= 0.3 is 17.9 Å². The van der Waals surface area contributed by atoms with Crippen LogP contribution >= 0.6 is 0 Å². The van der Waals surface area contributed by atoms with Crippen LogP contribution in [0.15, 0.2) is 97.2 Å². The van der Waals surface area contributed by atoms with Crippen LogP contribution in [0.25, 0.3) is 0 Å². The molecule has 6 nitrogen and oxygen atoms in total. The van der Waals surface area contributed by atoms with Gasteiger partial charge in [-0.05, 0) is 116 Å². The van der Waals surface area contributed by atoms with E-state index in [0.717, 1.165) is 103 Å². The molecule has 0 aliphatic carbocycles. The molecule has 0 unspecified atom stereocenters. The zero-order valence-electron chi connectivity index (χ0n) is 45.0. The van der Waals surface area contributed by atoms with Crippen molar-refractivity contribution in [2.24, 2.45) is 0 Å². The summed E-state index contributed by atoms with van der Waals surface area (Å²) >= 11 is 0. The number of carbonyl (C=O) groups is 3. The molecule has 1 atom stereocenters. The van der Waals surface area contributed by atoms with Crippen LogP contribution in [0.2, 0.25) is 0 Å². The van der Waals surface area contributed by atoms with Gasteiger partial charge in [0.15, 0.2) is 6.10 Å². The lowest BCUT2D eigenvalue weighted by molar-refractivity contribution is -0.167. The quantitative estimate of drug-likeness (QED) is 0.0262. The van der Waals surface area contributed by atoms with Crippen molar-refractivity contribution < 1.29 is 28.6 Å². The number of esters is 3. The Kier molecular flexibility index (Phi) is 53.9. The van der Waals surface area contributed by atoms with E-state index in [-0.39, 0.29) is 37.5 Å². The van der Waals surface area contributed by atoms with Gasteiger partial charge in [0, 0.05) is 19.3 Å². The van der Waals surface area contributed by atoms with Crippen molar-refractivity contribution in [3.8, 4) is 0 Å². The van der Waals surface area contributed by atoms with Crippen LogP contribution < -0.4 is 0 Å². The molecule has 0 fully saturated rings. The third-order valence-corrected chi connectivity index (χ3v) is 12.0. The molecule has 0 aliphatic heterocycles. The smallest absolute Gasteiger partial charge is 0.306 e. The van der Waals surface area contributed by atoms with Crippen molar-refractivity contribution in [2.75, 3.05) is 13.2 Å². The van der Waals surface area contributed by atoms with E-state index in [1.54, 1.807) is 0 Å². The summed E-state index contributed by atoms with van der Waals surface area (Å²) < 4.78 is 16.8. The van der Waals surface area contributed by atoms with Gasteiger partial charge in [0.25, 0.3) is 0 Å². The third-order valence-electron chi connectivity index (χ3n) is 12.0. The summed E-state index contributed by atoms with van der Waals surface area (Å²) in [4.78, 5) is 38.1. The lowest BCUT2D eigenvalue weighted by Gasteiger charge is -2.18. The summed E-state index contributed by atoms with van der Waals surface area (Å²) in [6.07, 6.45) is 75.4. The average Bonchev–Trinajstić information content (AvgIpc) is 3.35. The first-order valence-electron chi connectivity index (χ1n) is 28.7. The normalized spacial score (nSPS) is 12.8. The fourth-order valence-corrected chi connectivity index (χ4v) is 7.74. The molecule has 0 bridgehead atoms. The van der Waals surface area contributed by atoms with E-state index < -0.39 is 6.10 Å². The van der Waals surface area contributed by atoms with Gasteiger partial charge in [-0.25, -0.2) is 0 Å². The summed E-state index contributed by atoms with van der Waals surface area (Å²) in [6, 6.07) is 0. The van der Waals surface area contributed by atoms with Gasteiger partial charge in [-0.3, -0.25) is 14.4 Å². The van der Waals surface area contributed by atoms with Gasteiger partial charge < -0.3 is 14.2 Å². The molecule has 0 amide bonds. The van der Waals surface area contributed by atoms with E-state index in [1.165, 1.54) is 116 Å². The average molecular weight is 960 g/mol. The van der Waals surface area contributed by atoms with Crippen molar-refractivity contribution in [1.82, 2.24) is 0 Å². The first-order valence-corrected chi connectivity index (χ1v) is 28.7. The topological polar surface area (TPSA) is 78.9 Å². The molecule has 6 heteroatoms. The fraction of sp³-hybridized carbons (Fsp3) is 0.698. The van der Waals surface area contributed by atoms with E-state index in [4.69, 9.17) is 14.2 Å². The summed E-state index contributed by atoms with van der Waals surface area (Å²) in [6.45, 7) is 6.44. The zero-order valence-corrected chi connectivity index (χ0v) is 45.0. The van der Waals surface area contributed by atoms with Gasteiger partial charge in [-0.1, -0.05) is 227 Å². The highest BCUT2D eigenvalue weighted by Gasteiger charge is 2.19. The first-order chi connectivity index (χ1) is 34.0. The van der Waals surface area contributed by atoms with E-state index in [9.17, 15) is 14.4 Å². The monoisotopic (exact) mass is 959 g/mol. The molecule has 0 N–H and O–H groups in total.